The topological polar surface area (TPSA) is 191 Å². The highest BCUT2D eigenvalue weighted by Gasteiger charge is 2.64. The first-order valence-corrected chi connectivity index (χ1v) is 21.9. The lowest BCUT2D eigenvalue weighted by Crippen LogP contribution is -2.74. The van der Waals surface area contributed by atoms with Crippen LogP contribution in [0.25, 0.3) is 0 Å². The van der Waals surface area contributed by atoms with Crippen LogP contribution in [-0.4, -0.2) is 97.4 Å². The Morgan fingerprint density at radius 3 is 2.24 bits per heavy atom. The molecule has 1 aliphatic carbocycles. The number of β-amino-alcohol motifs (C(OH)–C–C–N with tert-alkyl or cyclic N) is 1. The number of rotatable bonds is 19. The fraction of sp³-hybridized carbons (Fsp3) is 0.521. The van der Waals surface area contributed by atoms with E-state index in [2.05, 4.69) is 55.0 Å². The molecule has 63 heavy (non-hydrogen) atoms. The number of carbonyl (C=O) groups excluding carboxylic acids is 4. The number of amides is 4. The minimum absolute atomic E-state index is 0.00827. The Bertz CT molecular complexity index is 2100. The fourth-order valence-electron chi connectivity index (χ4n) is 8.83. The zero-order valence-electron chi connectivity index (χ0n) is 37.7. The summed E-state index contributed by atoms with van der Waals surface area (Å²) in [7, 11) is 1.58. The van der Waals surface area contributed by atoms with Gasteiger partial charge in [0.25, 0.3) is 5.91 Å². The lowest BCUT2D eigenvalue weighted by molar-refractivity contribution is -0.164. The number of nitrogens with zero attached hydrogens (tertiary/aromatic N) is 2. The second-order valence-corrected chi connectivity index (χ2v) is 19.2. The molecular weight excluding hydrogens is 824 g/mol. The van der Waals surface area contributed by atoms with Crippen molar-refractivity contribution in [2.75, 3.05) is 38.7 Å². The highest BCUT2D eigenvalue weighted by Crippen LogP contribution is 2.55. The molecule has 3 aromatic rings. The summed E-state index contributed by atoms with van der Waals surface area (Å²) in [4.78, 5) is 54.8. The number of nitrogens with one attached hydrogen (secondary N) is 4. The van der Waals surface area contributed by atoms with Gasteiger partial charge in [-0.3, -0.25) is 19.2 Å². The van der Waals surface area contributed by atoms with E-state index in [0.717, 1.165) is 30.5 Å². The molecule has 3 aromatic carbocycles. The summed E-state index contributed by atoms with van der Waals surface area (Å²) in [5.74, 6) is -0.132. The van der Waals surface area contributed by atoms with E-state index in [1.165, 1.54) is 4.90 Å². The third-order valence-corrected chi connectivity index (χ3v) is 12.3. The second-order valence-electron chi connectivity index (χ2n) is 18.7. The van der Waals surface area contributed by atoms with Gasteiger partial charge in [-0.15, -0.1) is 0 Å². The average molecular weight is 888 g/mol. The summed E-state index contributed by atoms with van der Waals surface area (Å²) in [5, 5.41) is 32.3. The molecule has 1 heterocycles. The van der Waals surface area contributed by atoms with Crippen molar-refractivity contribution in [3.63, 3.8) is 0 Å². The van der Waals surface area contributed by atoms with Crippen molar-refractivity contribution in [1.29, 1.82) is 5.26 Å². The van der Waals surface area contributed by atoms with E-state index in [4.69, 9.17) is 25.8 Å². The summed E-state index contributed by atoms with van der Waals surface area (Å²) in [6, 6.07) is 19.8. The van der Waals surface area contributed by atoms with Gasteiger partial charge >= 0.3 is 0 Å². The molecule has 0 radical (unpaired) electrons. The number of methoxy groups -OCH3 is 1. The Morgan fingerprint density at radius 2 is 1.62 bits per heavy atom. The molecule has 2 fully saturated rings. The molecule has 340 valence electrons. The van der Waals surface area contributed by atoms with Gasteiger partial charge in [-0.05, 0) is 78.8 Å². The lowest BCUT2D eigenvalue weighted by atomic mass is 9.49. The molecule has 14 nitrogen and oxygen atoms in total. The first-order chi connectivity index (χ1) is 29.8. The van der Waals surface area contributed by atoms with Gasteiger partial charge in [-0.1, -0.05) is 72.2 Å². The van der Waals surface area contributed by atoms with Crippen molar-refractivity contribution in [3.8, 4) is 17.6 Å². The molecule has 5 rings (SSSR count). The number of likely N-dealkylation sites (tertiary alicyclic amines) is 1. The smallest absolute Gasteiger partial charge is 0.251 e. The van der Waals surface area contributed by atoms with Crippen molar-refractivity contribution < 1.29 is 38.5 Å². The lowest BCUT2D eigenvalue weighted by Gasteiger charge is -2.63. The van der Waals surface area contributed by atoms with Crippen LogP contribution in [-0.2, 0) is 25.7 Å². The minimum Gasteiger partial charge on any atom is -0.497 e. The van der Waals surface area contributed by atoms with E-state index in [9.17, 15) is 29.5 Å². The number of carbonyl (C=O) groups is 4. The molecule has 15 heteroatoms. The van der Waals surface area contributed by atoms with Crippen LogP contribution in [0, 0.1) is 27.6 Å². The summed E-state index contributed by atoms with van der Waals surface area (Å²) in [6.45, 7) is 14.9. The molecule has 0 aromatic heterocycles. The van der Waals surface area contributed by atoms with Gasteiger partial charge in [0.15, 0.2) is 0 Å². The van der Waals surface area contributed by atoms with Gasteiger partial charge in [0.05, 0.1) is 23.8 Å². The Labute approximate surface area is 376 Å². The molecule has 0 spiro atoms. The molecule has 1 saturated heterocycles. The molecule has 5 N–H and O–H groups in total. The van der Waals surface area contributed by atoms with Gasteiger partial charge in [0, 0.05) is 66.9 Å². The molecule has 3 atom stereocenters. The van der Waals surface area contributed by atoms with Crippen LogP contribution in [0.2, 0.25) is 5.02 Å². The van der Waals surface area contributed by atoms with Crippen LogP contribution >= 0.6 is 11.6 Å². The quantitative estimate of drug-likeness (QED) is 0.0862. The van der Waals surface area contributed by atoms with Crippen molar-refractivity contribution in [2.24, 2.45) is 16.2 Å². The standard InChI is InChI=1S/C48H63ClN6O8/c1-46(2,3)40(43(60)55-28-34(56)24-38(55)42(59)52-27-30-12-19-35(61-8)20-13-30)53-39(57)29-62-23-11-9-10-22-51-33-17-14-31(15-18-33)41(58)54-44-47(4,5)45(48(44,6)7)63-36-21-16-32(26-50)37(49)25-36/h12-21,25,34,38,40,44-45,51,56H,9-11,22-24,27-29H2,1-8H3,(H,52,59)(H,53,57)(H,54,58)/t34-,38+,40-,44-,45-/m1/s1. The zero-order chi connectivity index (χ0) is 46.1. The summed E-state index contributed by atoms with van der Waals surface area (Å²) in [6.07, 6.45) is 1.48. The summed E-state index contributed by atoms with van der Waals surface area (Å²) in [5.41, 5.74) is 1.26. The van der Waals surface area contributed by atoms with Crippen LogP contribution in [0.15, 0.2) is 66.7 Å². The molecule has 0 bridgehead atoms. The van der Waals surface area contributed by atoms with Gasteiger partial charge < -0.3 is 45.5 Å². The molecule has 2 aliphatic rings. The Morgan fingerprint density at radius 1 is 0.952 bits per heavy atom. The normalized spacial score (nSPS) is 20.4. The number of aliphatic hydroxyl groups is 1. The number of anilines is 1. The maximum atomic E-state index is 13.9. The Balaban J connectivity index is 0.990. The van der Waals surface area contributed by atoms with E-state index < -0.39 is 35.4 Å². The number of hydrogen-bond acceptors (Lipinski definition) is 10. The number of aliphatic hydroxyl groups excluding tert-OH is 1. The monoisotopic (exact) mass is 886 g/mol. The van der Waals surface area contributed by atoms with Crippen LogP contribution in [0.4, 0.5) is 5.69 Å². The number of hydrogen-bond donors (Lipinski definition) is 5. The van der Waals surface area contributed by atoms with Gasteiger partial charge in [-0.25, -0.2) is 0 Å². The SMILES string of the molecule is COc1ccc(CNC(=O)[C@@H]2C[C@@H](O)CN2C(=O)[C@@H](NC(=O)COCCCCCNc2ccc(C(=O)N[C@H]3C(C)(C)[C@H](Oc4ccc(C#N)c(Cl)c4)C3(C)C)cc2)C(C)(C)C)cc1. The van der Waals surface area contributed by atoms with Crippen LogP contribution in [0.1, 0.15) is 95.6 Å². The fourth-order valence-corrected chi connectivity index (χ4v) is 9.04. The maximum absolute atomic E-state index is 13.9. The third-order valence-electron chi connectivity index (χ3n) is 12.0. The largest absolute Gasteiger partial charge is 0.497 e. The molecule has 0 unspecified atom stereocenters. The predicted octanol–water partition coefficient (Wildman–Crippen LogP) is 6.24. The molecular formula is C48H63ClN6O8. The number of halogens is 1. The Kier molecular flexibility index (Phi) is 16.1. The number of ether oxygens (including phenoxy) is 3. The first-order valence-electron chi connectivity index (χ1n) is 21.5. The number of benzene rings is 3. The molecule has 1 aliphatic heterocycles. The highest BCUT2D eigenvalue weighted by atomic mass is 35.5. The first kappa shape index (κ1) is 48.7. The highest BCUT2D eigenvalue weighted by molar-refractivity contribution is 6.31. The molecule has 1 saturated carbocycles. The van der Waals surface area contributed by atoms with Gasteiger partial charge in [0.1, 0.15) is 42.4 Å². The summed E-state index contributed by atoms with van der Waals surface area (Å²) >= 11 is 6.23. The van der Waals surface area contributed by atoms with E-state index >= 15 is 0 Å². The third kappa shape index (κ3) is 12.2. The van der Waals surface area contributed by atoms with Crippen LogP contribution in [0.3, 0.4) is 0 Å². The number of nitriles is 1. The summed E-state index contributed by atoms with van der Waals surface area (Å²) < 4.78 is 17.2. The Hall–Kier alpha value is -5.36. The second kappa shape index (κ2) is 20.9. The van der Waals surface area contributed by atoms with E-state index in [0.29, 0.717) is 40.8 Å². The van der Waals surface area contributed by atoms with Crippen molar-refractivity contribution >= 4 is 40.9 Å². The van der Waals surface area contributed by atoms with Gasteiger partial charge in [-0.2, -0.15) is 5.26 Å². The van der Waals surface area contributed by atoms with Crippen LogP contribution < -0.4 is 30.7 Å². The van der Waals surface area contributed by atoms with Crippen molar-refractivity contribution in [3.05, 3.63) is 88.4 Å². The van der Waals surface area contributed by atoms with E-state index in [-0.39, 0.29) is 60.9 Å². The molecule has 4 amide bonds. The predicted molar refractivity (Wildman–Crippen MR) is 241 cm³/mol. The van der Waals surface area contributed by atoms with Crippen molar-refractivity contribution in [1.82, 2.24) is 20.9 Å². The van der Waals surface area contributed by atoms with Crippen molar-refractivity contribution in [2.45, 2.75) is 111 Å². The van der Waals surface area contributed by atoms with Gasteiger partial charge in [0.2, 0.25) is 17.7 Å². The number of unbranched alkanes of at least 4 members (excludes halogenated alkanes) is 2. The minimum atomic E-state index is -0.942. The average Bonchev–Trinajstić information content (AvgIpc) is 3.65. The van der Waals surface area contributed by atoms with E-state index in [1.54, 1.807) is 49.6 Å². The van der Waals surface area contributed by atoms with E-state index in [1.807, 2.05) is 45.0 Å². The zero-order valence-corrected chi connectivity index (χ0v) is 38.4. The van der Waals surface area contributed by atoms with Crippen LogP contribution in [0.5, 0.6) is 11.5 Å². The maximum Gasteiger partial charge on any atom is 0.251 e.